The van der Waals surface area contributed by atoms with Gasteiger partial charge in [-0.05, 0) is 61.2 Å². The minimum absolute atomic E-state index is 0.164. The molecule has 2 aromatic carbocycles. The number of rotatable bonds is 14. The van der Waals surface area contributed by atoms with Crippen molar-refractivity contribution >= 4 is 47.2 Å². The van der Waals surface area contributed by atoms with Crippen LogP contribution in [0.1, 0.15) is 18.4 Å². The fourth-order valence-corrected chi connectivity index (χ4v) is 4.79. The van der Waals surface area contributed by atoms with Crippen molar-refractivity contribution in [3.63, 3.8) is 0 Å². The Morgan fingerprint density at radius 2 is 1.70 bits per heavy atom. The monoisotopic (exact) mass is 485 g/mol. The summed E-state index contributed by atoms with van der Waals surface area (Å²) in [5.74, 6) is 0. The number of ether oxygens (including phenoxy) is 1. The summed E-state index contributed by atoms with van der Waals surface area (Å²) < 4.78 is 6.52. The van der Waals surface area contributed by atoms with Gasteiger partial charge < -0.3 is 15.0 Å². The van der Waals surface area contributed by atoms with Crippen molar-refractivity contribution < 1.29 is 14.3 Å². The van der Waals surface area contributed by atoms with Crippen LogP contribution in [0.2, 0.25) is 4.34 Å². The number of carbonyl (C=O) groups is 2. The van der Waals surface area contributed by atoms with E-state index < -0.39 is 6.23 Å². The minimum atomic E-state index is -0.595. The van der Waals surface area contributed by atoms with E-state index in [1.807, 2.05) is 84.1 Å². The highest BCUT2D eigenvalue weighted by Gasteiger charge is 2.33. The summed E-state index contributed by atoms with van der Waals surface area (Å²) in [6.45, 7) is 1.70. The molecule has 3 rings (SSSR count). The number of likely N-dealkylation sites (N-methyl/N-ethyl adjacent to an activating group) is 1. The number of thiophene rings is 1. The fourth-order valence-electron chi connectivity index (χ4n) is 3.89. The maximum Gasteiger partial charge on any atom is 0.295 e. The smallest absolute Gasteiger partial charge is 0.295 e. The second kappa shape index (κ2) is 13.0. The van der Waals surface area contributed by atoms with E-state index in [-0.39, 0.29) is 6.04 Å². The summed E-state index contributed by atoms with van der Waals surface area (Å²) in [6.07, 6.45) is 1.53. The molecule has 3 aromatic rings. The van der Waals surface area contributed by atoms with Gasteiger partial charge >= 0.3 is 0 Å². The van der Waals surface area contributed by atoms with Crippen molar-refractivity contribution in [2.75, 3.05) is 18.5 Å². The Morgan fingerprint density at radius 3 is 2.21 bits per heavy atom. The molecule has 1 aromatic heterocycles. The lowest BCUT2D eigenvalue weighted by Gasteiger charge is -2.41. The number of hydrogen-bond acceptors (Lipinski definition) is 6. The van der Waals surface area contributed by atoms with E-state index >= 15 is 0 Å². The molecule has 8 heteroatoms. The van der Waals surface area contributed by atoms with Gasteiger partial charge in [-0.15, -0.1) is 11.3 Å². The molecular formula is C25H28ClN3O3S. The number of nitrogens with zero attached hydrogens (tertiary/aromatic N) is 2. The predicted molar refractivity (Wildman–Crippen MR) is 134 cm³/mol. The zero-order valence-corrected chi connectivity index (χ0v) is 20.0. The largest absolute Gasteiger partial charge is 0.442 e. The number of nitrogens with one attached hydrogen (secondary N) is 1. The van der Waals surface area contributed by atoms with Gasteiger partial charge in [0.2, 0.25) is 6.41 Å². The van der Waals surface area contributed by atoms with Crippen LogP contribution in [0.15, 0.2) is 72.1 Å². The van der Waals surface area contributed by atoms with Gasteiger partial charge in [-0.3, -0.25) is 14.5 Å². The molecule has 33 heavy (non-hydrogen) atoms. The molecule has 0 radical (unpaired) electrons. The maximum atomic E-state index is 11.7. The first-order valence-electron chi connectivity index (χ1n) is 10.7. The lowest BCUT2D eigenvalue weighted by atomic mass is 10.0. The van der Waals surface area contributed by atoms with Crippen molar-refractivity contribution in [1.29, 1.82) is 0 Å². The van der Waals surface area contributed by atoms with E-state index in [1.54, 1.807) is 0 Å². The molecule has 1 heterocycles. The van der Waals surface area contributed by atoms with E-state index in [0.29, 0.717) is 32.4 Å². The van der Waals surface area contributed by atoms with E-state index in [2.05, 4.69) is 10.2 Å². The number of halogens is 1. The average Bonchev–Trinajstić information content (AvgIpc) is 3.24. The molecule has 0 saturated heterocycles. The molecule has 2 atom stereocenters. The van der Waals surface area contributed by atoms with Gasteiger partial charge in [0.25, 0.3) is 6.47 Å². The first-order chi connectivity index (χ1) is 16.1. The molecule has 0 aliphatic carbocycles. The molecule has 0 aliphatic rings. The molecule has 0 bridgehead atoms. The second-order valence-electron chi connectivity index (χ2n) is 7.62. The number of carbonyl (C=O) groups excluding carboxylic acids is 2. The van der Waals surface area contributed by atoms with Crippen molar-refractivity contribution in [2.45, 2.75) is 31.7 Å². The summed E-state index contributed by atoms with van der Waals surface area (Å²) in [5.41, 5.74) is 2.93. The third-order valence-electron chi connectivity index (χ3n) is 5.37. The van der Waals surface area contributed by atoms with E-state index in [1.165, 1.54) is 11.3 Å². The zero-order valence-electron chi connectivity index (χ0n) is 18.5. The topological polar surface area (TPSA) is 61.9 Å². The van der Waals surface area contributed by atoms with Gasteiger partial charge in [0.15, 0.2) is 6.23 Å². The number of para-hydroxylation sites is 2. The molecule has 0 aliphatic heterocycles. The van der Waals surface area contributed by atoms with Gasteiger partial charge in [0, 0.05) is 24.5 Å². The normalized spacial score (nSPS) is 12.7. The SMILES string of the molecule is CN(Cc1csc(Cl)c1)C(CCCNC=O)[C@@H](OC=O)N(c1ccccc1)c1ccccc1. The number of benzene rings is 2. The summed E-state index contributed by atoms with van der Waals surface area (Å²) in [4.78, 5) is 26.7. The molecule has 6 nitrogen and oxygen atoms in total. The van der Waals surface area contributed by atoms with Crippen LogP contribution in [0.5, 0.6) is 0 Å². The van der Waals surface area contributed by atoms with Gasteiger partial charge in [0.05, 0.1) is 10.4 Å². The number of hydrogen-bond donors (Lipinski definition) is 1. The Labute approximate surface area is 203 Å². The summed E-state index contributed by atoms with van der Waals surface area (Å²) in [7, 11) is 2.01. The van der Waals surface area contributed by atoms with Gasteiger partial charge in [-0.2, -0.15) is 0 Å². The molecule has 1 amide bonds. The van der Waals surface area contributed by atoms with E-state index in [4.69, 9.17) is 16.3 Å². The van der Waals surface area contributed by atoms with E-state index in [0.717, 1.165) is 27.7 Å². The molecule has 0 fully saturated rings. The van der Waals surface area contributed by atoms with Crippen LogP contribution >= 0.6 is 22.9 Å². The molecule has 1 N–H and O–H groups in total. The third-order valence-corrected chi connectivity index (χ3v) is 6.51. The van der Waals surface area contributed by atoms with Gasteiger partial charge in [0.1, 0.15) is 0 Å². The molecule has 174 valence electrons. The summed E-state index contributed by atoms with van der Waals surface area (Å²) in [5, 5.41) is 4.75. The Hall–Kier alpha value is -2.87. The van der Waals surface area contributed by atoms with Crippen molar-refractivity contribution in [2.24, 2.45) is 0 Å². The second-order valence-corrected chi connectivity index (χ2v) is 9.16. The predicted octanol–water partition coefficient (Wildman–Crippen LogP) is 5.07. The average molecular weight is 486 g/mol. The molecular weight excluding hydrogens is 458 g/mol. The van der Waals surface area contributed by atoms with Crippen LogP contribution in [0.3, 0.4) is 0 Å². The van der Waals surface area contributed by atoms with Gasteiger partial charge in [-0.25, -0.2) is 0 Å². The number of amides is 1. The lowest BCUT2D eigenvalue weighted by molar-refractivity contribution is -0.136. The van der Waals surface area contributed by atoms with Crippen LogP contribution < -0.4 is 10.2 Å². The Morgan fingerprint density at radius 1 is 1.06 bits per heavy atom. The quantitative estimate of drug-likeness (QED) is 0.196. The van der Waals surface area contributed by atoms with Crippen LogP contribution in [-0.2, 0) is 20.9 Å². The van der Waals surface area contributed by atoms with E-state index in [9.17, 15) is 9.59 Å². The standard InChI is InChI=1S/C25H28ClN3O3S/c1-28(16-20-15-24(26)33-17-20)23(13-8-14-27-18-30)25(32-19-31)29(21-9-4-2-5-10-21)22-11-6-3-7-12-22/h2-7,9-12,15,17-19,23,25H,8,13-14,16H2,1H3,(H,27,30)/t23?,25-/m1/s1. The van der Waals surface area contributed by atoms with Crippen LogP contribution in [0.4, 0.5) is 11.4 Å². The van der Waals surface area contributed by atoms with Crippen molar-refractivity contribution in [3.05, 3.63) is 82.0 Å². The Balaban J connectivity index is 1.98. The number of anilines is 2. The maximum absolute atomic E-state index is 11.7. The Bertz CT molecular complexity index is 947. The minimum Gasteiger partial charge on any atom is -0.442 e. The lowest BCUT2D eigenvalue weighted by Crippen LogP contribution is -2.50. The Kier molecular flexibility index (Phi) is 9.75. The highest BCUT2D eigenvalue weighted by atomic mass is 35.5. The first-order valence-corrected chi connectivity index (χ1v) is 12.0. The van der Waals surface area contributed by atoms with Crippen LogP contribution in [-0.4, -0.2) is 43.6 Å². The molecule has 0 spiro atoms. The highest BCUT2D eigenvalue weighted by Crippen LogP contribution is 2.32. The van der Waals surface area contributed by atoms with Crippen LogP contribution in [0, 0.1) is 0 Å². The van der Waals surface area contributed by atoms with Gasteiger partial charge in [-0.1, -0.05) is 48.0 Å². The zero-order chi connectivity index (χ0) is 23.5. The van der Waals surface area contributed by atoms with Crippen LogP contribution in [0.25, 0.3) is 0 Å². The third kappa shape index (κ3) is 7.05. The summed E-state index contributed by atoms with van der Waals surface area (Å²) >= 11 is 7.64. The van der Waals surface area contributed by atoms with Crippen molar-refractivity contribution in [3.8, 4) is 0 Å². The molecule has 1 unspecified atom stereocenters. The highest BCUT2D eigenvalue weighted by molar-refractivity contribution is 7.14. The van der Waals surface area contributed by atoms with Crippen molar-refractivity contribution in [1.82, 2.24) is 10.2 Å². The summed E-state index contributed by atoms with van der Waals surface area (Å²) in [6, 6.07) is 21.5. The fraction of sp³-hybridized carbons (Fsp3) is 0.280. The first kappa shape index (κ1) is 24.8. The molecule has 0 saturated carbocycles.